The summed E-state index contributed by atoms with van der Waals surface area (Å²) in [5.41, 5.74) is 7.06. The number of hydrogen-bond acceptors (Lipinski definition) is 3. The fraction of sp³-hybridized carbons (Fsp3) is 0.294. The molecule has 0 aliphatic rings. The van der Waals surface area contributed by atoms with Gasteiger partial charge in [0.15, 0.2) is 0 Å². The summed E-state index contributed by atoms with van der Waals surface area (Å²) in [5, 5.41) is 0. The quantitative estimate of drug-likeness (QED) is 0.846. The molecule has 0 radical (unpaired) electrons. The molecule has 0 aliphatic carbocycles. The second kappa shape index (κ2) is 7.64. The topological polar surface area (TPSA) is 44.5 Å². The number of ether oxygens (including phenoxy) is 2. The molecule has 0 bridgehead atoms. The molecule has 2 N–H and O–H groups in total. The predicted octanol–water partition coefficient (Wildman–Crippen LogP) is 3.65. The van der Waals surface area contributed by atoms with Gasteiger partial charge in [-0.3, -0.25) is 0 Å². The first kappa shape index (κ1) is 15.3. The Balaban J connectivity index is 1.95. The molecule has 0 fully saturated rings. The lowest BCUT2D eigenvalue weighted by atomic mass is 10.1. The maximum atomic E-state index is 13.4. The molecule has 112 valence electrons. The Morgan fingerprint density at radius 2 is 1.57 bits per heavy atom. The molecule has 0 saturated carbocycles. The van der Waals surface area contributed by atoms with Crippen molar-refractivity contribution in [1.82, 2.24) is 0 Å². The second-order valence-electron chi connectivity index (χ2n) is 4.78. The van der Waals surface area contributed by atoms with E-state index in [1.165, 1.54) is 12.1 Å². The zero-order chi connectivity index (χ0) is 15.1. The van der Waals surface area contributed by atoms with Crippen molar-refractivity contribution >= 4 is 0 Å². The first-order valence-corrected chi connectivity index (χ1v) is 7.05. The van der Waals surface area contributed by atoms with E-state index in [4.69, 9.17) is 15.2 Å². The summed E-state index contributed by atoms with van der Waals surface area (Å²) in [6.45, 7) is 3.38. The molecule has 0 saturated heterocycles. The van der Waals surface area contributed by atoms with Crippen LogP contribution in [0.3, 0.4) is 0 Å². The summed E-state index contributed by atoms with van der Waals surface area (Å²) in [7, 11) is 0. The molecule has 0 heterocycles. The fourth-order valence-corrected chi connectivity index (χ4v) is 1.94. The van der Waals surface area contributed by atoms with Crippen LogP contribution in [0.2, 0.25) is 0 Å². The van der Waals surface area contributed by atoms with Crippen LogP contribution in [0.25, 0.3) is 0 Å². The average molecular weight is 289 g/mol. The highest BCUT2D eigenvalue weighted by atomic mass is 19.1. The largest absolute Gasteiger partial charge is 0.494 e. The van der Waals surface area contributed by atoms with Crippen LogP contribution in [0.15, 0.2) is 42.5 Å². The van der Waals surface area contributed by atoms with E-state index in [0.717, 1.165) is 29.0 Å². The van der Waals surface area contributed by atoms with Gasteiger partial charge in [-0.2, -0.15) is 0 Å². The van der Waals surface area contributed by atoms with E-state index in [0.29, 0.717) is 19.8 Å². The Bertz CT molecular complexity index is 570. The van der Waals surface area contributed by atoms with Gasteiger partial charge in [-0.25, -0.2) is 4.39 Å². The normalized spacial score (nSPS) is 10.4. The van der Waals surface area contributed by atoms with Crippen molar-refractivity contribution in [3.05, 3.63) is 59.4 Å². The highest BCUT2D eigenvalue weighted by molar-refractivity contribution is 5.32. The van der Waals surface area contributed by atoms with Crippen molar-refractivity contribution in [2.75, 3.05) is 6.61 Å². The van der Waals surface area contributed by atoms with Crippen LogP contribution in [0.4, 0.5) is 4.39 Å². The fourth-order valence-electron chi connectivity index (χ4n) is 1.94. The molecule has 0 amide bonds. The van der Waals surface area contributed by atoms with Gasteiger partial charge >= 0.3 is 0 Å². The molecular formula is C17H20FNO2. The van der Waals surface area contributed by atoms with Gasteiger partial charge in [0.25, 0.3) is 0 Å². The van der Waals surface area contributed by atoms with Crippen molar-refractivity contribution < 1.29 is 13.9 Å². The van der Waals surface area contributed by atoms with Crippen molar-refractivity contribution in [3.63, 3.8) is 0 Å². The molecule has 2 rings (SSSR count). The minimum absolute atomic E-state index is 0.292. The van der Waals surface area contributed by atoms with Gasteiger partial charge < -0.3 is 15.2 Å². The van der Waals surface area contributed by atoms with Gasteiger partial charge in [0, 0.05) is 6.54 Å². The lowest BCUT2D eigenvalue weighted by molar-refractivity contribution is 0.301. The van der Waals surface area contributed by atoms with E-state index in [9.17, 15) is 4.39 Å². The molecule has 0 aliphatic heterocycles. The lowest BCUT2D eigenvalue weighted by Crippen LogP contribution is -2.01. The molecule has 3 nitrogen and oxygen atoms in total. The summed E-state index contributed by atoms with van der Waals surface area (Å²) in [4.78, 5) is 0. The van der Waals surface area contributed by atoms with Crippen molar-refractivity contribution in [2.45, 2.75) is 26.5 Å². The third-order valence-corrected chi connectivity index (χ3v) is 2.96. The third-order valence-electron chi connectivity index (χ3n) is 2.96. The molecule has 2 aromatic rings. The number of halogens is 1. The maximum absolute atomic E-state index is 13.4. The SMILES string of the molecule is CCCOc1ccc(OCc2cc(F)cc(CN)c2)cc1. The first-order chi connectivity index (χ1) is 10.2. The zero-order valence-electron chi connectivity index (χ0n) is 12.1. The Morgan fingerprint density at radius 1 is 0.952 bits per heavy atom. The number of nitrogens with two attached hydrogens (primary N) is 1. The lowest BCUT2D eigenvalue weighted by Gasteiger charge is -2.09. The summed E-state index contributed by atoms with van der Waals surface area (Å²) in [6.07, 6.45) is 0.974. The summed E-state index contributed by atoms with van der Waals surface area (Å²) in [5.74, 6) is 1.25. The van der Waals surface area contributed by atoms with E-state index in [2.05, 4.69) is 6.92 Å². The molecule has 0 aromatic heterocycles. The number of hydrogen-bond donors (Lipinski definition) is 1. The molecule has 21 heavy (non-hydrogen) atoms. The van der Waals surface area contributed by atoms with Gasteiger partial charge in [0.1, 0.15) is 23.9 Å². The summed E-state index contributed by atoms with van der Waals surface area (Å²) in [6, 6.07) is 12.1. The van der Waals surface area contributed by atoms with Crippen LogP contribution in [0, 0.1) is 5.82 Å². The molecule has 0 atom stereocenters. The number of benzene rings is 2. The minimum atomic E-state index is -0.292. The van der Waals surface area contributed by atoms with E-state index in [-0.39, 0.29) is 5.82 Å². The van der Waals surface area contributed by atoms with Gasteiger partial charge in [-0.1, -0.05) is 13.0 Å². The Kier molecular flexibility index (Phi) is 5.58. The average Bonchev–Trinajstić information content (AvgIpc) is 2.51. The Hall–Kier alpha value is -2.07. The molecule has 4 heteroatoms. The third kappa shape index (κ3) is 4.76. The standard InChI is InChI=1S/C17H20FNO2/c1-2-7-20-16-3-5-17(6-4-16)21-12-14-8-13(11-19)9-15(18)10-14/h3-6,8-10H,2,7,11-12,19H2,1H3. The smallest absolute Gasteiger partial charge is 0.123 e. The van der Waals surface area contributed by atoms with Crippen molar-refractivity contribution in [2.24, 2.45) is 5.73 Å². The molecular weight excluding hydrogens is 269 g/mol. The predicted molar refractivity (Wildman–Crippen MR) is 80.9 cm³/mol. The van der Waals surface area contributed by atoms with Crippen LogP contribution >= 0.6 is 0 Å². The summed E-state index contributed by atoms with van der Waals surface area (Å²) < 4.78 is 24.5. The maximum Gasteiger partial charge on any atom is 0.123 e. The highest BCUT2D eigenvalue weighted by Gasteiger charge is 2.02. The zero-order valence-corrected chi connectivity index (χ0v) is 12.1. The Labute approximate surface area is 124 Å². The summed E-state index contributed by atoms with van der Waals surface area (Å²) >= 11 is 0. The highest BCUT2D eigenvalue weighted by Crippen LogP contribution is 2.19. The molecule has 2 aromatic carbocycles. The van der Waals surface area contributed by atoms with E-state index in [1.54, 1.807) is 0 Å². The van der Waals surface area contributed by atoms with Crippen LogP contribution in [0.1, 0.15) is 24.5 Å². The second-order valence-corrected chi connectivity index (χ2v) is 4.78. The monoisotopic (exact) mass is 289 g/mol. The first-order valence-electron chi connectivity index (χ1n) is 7.05. The van der Waals surface area contributed by atoms with Crippen molar-refractivity contribution in [3.8, 4) is 11.5 Å². The van der Waals surface area contributed by atoms with Gasteiger partial charge in [-0.05, 0) is 53.9 Å². The Morgan fingerprint density at radius 3 is 2.19 bits per heavy atom. The van der Waals surface area contributed by atoms with Gasteiger partial charge in [0.2, 0.25) is 0 Å². The van der Waals surface area contributed by atoms with Crippen LogP contribution in [0.5, 0.6) is 11.5 Å². The van der Waals surface area contributed by atoms with Crippen LogP contribution in [-0.4, -0.2) is 6.61 Å². The van der Waals surface area contributed by atoms with Gasteiger partial charge in [0.05, 0.1) is 6.61 Å². The van der Waals surface area contributed by atoms with Crippen molar-refractivity contribution in [1.29, 1.82) is 0 Å². The van der Waals surface area contributed by atoms with E-state index < -0.39 is 0 Å². The van der Waals surface area contributed by atoms with E-state index in [1.807, 2.05) is 30.3 Å². The molecule has 0 spiro atoms. The van der Waals surface area contributed by atoms with Crippen LogP contribution in [-0.2, 0) is 13.2 Å². The number of rotatable bonds is 7. The van der Waals surface area contributed by atoms with Gasteiger partial charge in [-0.15, -0.1) is 0 Å². The van der Waals surface area contributed by atoms with Crippen LogP contribution < -0.4 is 15.2 Å². The van der Waals surface area contributed by atoms with E-state index >= 15 is 0 Å². The minimum Gasteiger partial charge on any atom is -0.494 e. The molecule has 0 unspecified atom stereocenters.